The van der Waals surface area contributed by atoms with Crippen molar-refractivity contribution < 1.29 is 23.8 Å². The van der Waals surface area contributed by atoms with Gasteiger partial charge in [-0.15, -0.1) is 0 Å². The van der Waals surface area contributed by atoms with Gasteiger partial charge in [-0.25, -0.2) is 4.79 Å². The third-order valence-electron chi connectivity index (χ3n) is 4.80. The van der Waals surface area contributed by atoms with Gasteiger partial charge in [0.25, 0.3) is 0 Å². The Morgan fingerprint density at radius 2 is 1.67 bits per heavy atom. The Kier molecular flexibility index (Phi) is 5.35. The fourth-order valence-electron chi connectivity index (χ4n) is 3.21. The van der Waals surface area contributed by atoms with Crippen LogP contribution in [0.5, 0.6) is 11.5 Å². The highest BCUT2D eigenvalue weighted by Crippen LogP contribution is 2.35. The third-order valence-corrected chi connectivity index (χ3v) is 4.80. The van der Waals surface area contributed by atoms with Gasteiger partial charge in [0, 0.05) is 6.07 Å². The smallest absolute Gasteiger partial charge is 0.346 e. The van der Waals surface area contributed by atoms with Crippen LogP contribution in [0.15, 0.2) is 78.6 Å². The standard InChI is InChI=1S/C25H20O5/c1-16(25(27)28-2)29-20-12-13-21-22(15-20)30-23(24(21)26)14-17-8-10-19(11-9-17)18-6-4-3-5-7-18/h3-16H,1-2H3/t16-/m0/s1. The van der Waals surface area contributed by atoms with Crippen LogP contribution < -0.4 is 9.47 Å². The first-order chi connectivity index (χ1) is 14.5. The van der Waals surface area contributed by atoms with Gasteiger partial charge in [-0.3, -0.25) is 4.79 Å². The second-order valence-corrected chi connectivity index (χ2v) is 6.87. The van der Waals surface area contributed by atoms with Crippen molar-refractivity contribution >= 4 is 17.8 Å². The number of esters is 1. The number of allylic oxidation sites excluding steroid dienone is 1. The highest BCUT2D eigenvalue weighted by atomic mass is 16.6. The third kappa shape index (κ3) is 3.96. The van der Waals surface area contributed by atoms with Crippen LogP contribution in [0.2, 0.25) is 0 Å². The Morgan fingerprint density at radius 1 is 0.967 bits per heavy atom. The van der Waals surface area contributed by atoms with Gasteiger partial charge in [0.2, 0.25) is 5.78 Å². The molecule has 1 heterocycles. The van der Waals surface area contributed by atoms with Crippen LogP contribution in [0.4, 0.5) is 0 Å². The van der Waals surface area contributed by atoms with E-state index in [2.05, 4.69) is 16.9 Å². The van der Waals surface area contributed by atoms with Crippen LogP contribution in [0, 0.1) is 0 Å². The fourth-order valence-corrected chi connectivity index (χ4v) is 3.21. The zero-order chi connectivity index (χ0) is 21.1. The van der Waals surface area contributed by atoms with Crippen molar-refractivity contribution in [2.75, 3.05) is 7.11 Å². The number of benzene rings is 3. The molecule has 3 aromatic carbocycles. The molecule has 1 aliphatic rings. The molecule has 0 saturated heterocycles. The van der Waals surface area contributed by atoms with Gasteiger partial charge in [-0.2, -0.15) is 0 Å². The minimum atomic E-state index is -0.761. The van der Waals surface area contributed by atoms with Gasteiger partial charge in [-0.1, -0.05) is 54.6 Å². The largest absolute Gasteiger partial charge is 0.479 e. The van der Waals surface area contributed by atoms with Crippen molar-refractivity contribution in [2.24, 2.45) is 0 Å². The molecule has 4 rings (SSSR count). The summed E-state index contributed by atoms with van der Waals surface area (Å²) in [7, 11) is 1.30. The molecule has 0 N–H and O–H groups in total. The molecule has 3 aromatic rings. The molecule has 0 fully saturated rings. The Bertz CT molecular complexity index is 1110. The van der Waals surface area contributed by atoms with Crippen molar-refractivity contribution in [3.05, 3.63) is 89.7 Å². The maximum Gasteiger partial charge on any atom is 0.346 e. The van der Waals surface area contributed by atoms with Gasteiger partial charge in [-0.05, 0) is 41.8 Å². The molecule has 0 spiro atoms. The summed E-state index contributed by atoms with van der Waals surface area (Å²) in [5, 5.41) is 0. The van der Waals surface area contributed by atoms with Crippen LogP contribution in [-0.4, -0.2) is 25.0 Å². The van der Waals surface area contributed by atoms with E-state index in [1.807, 2.05) is 42.5 Å². The number of ether oxygens (including phenoxy) is 3. The molecule has 0 aliphatic carbocycles. The van der Waals surface area contributed by atoms with Crippen LogP contribution in [0.25, 0.3) is 17.2 Å². The Labute approximate surface area is 174 Å². The van der Waals surface area contributed by atoms with E-state index in [1.54, 1.807) is 31.2 Å². The summed E-state index contributed by atoms with van der Waals surface area (Å²) < 4.78 is 16.0. The lowest BCUT2D eigenvalue weighted by molar-refractivity contribution is -0.147. The lowest BCUT2D eigenvalue weighted by Gasteiger charge is -2.12. The summed E-state index contributed by atoms with van der Waals surface area (Å²) in [6, 6.07) is 22.9. The number of methoxy groups -OCH3 is 1. The van der Waals surface area contributed by atoms with Crippen molar-refractivity contribution in [1.29, 1.82) is 0 Å². The molecular formula is C25H20O5. The number of carbonyl (C=O) groups is 2. The monoisotopic (exact) mass is 400 g/mol. The molecule has 30 heavy (non-hydrogen) atoms. The zero-order valence-electron chi connectivity index (χ0n) is 16.6. The van der Waals surface area contributed by atoms with Crippen LogP contribution in [0.3, 0.4) is 0 Å². The molecular weight excluding hydrogens is 380 g/mol. The predicted molar refractivity (Wildman–Crippen MR) is 113 cm³/mol. The normalized spacial score (nSPS) is 14.7. The lowest BCUT2D eigenvalue weighted by Crippen LogP contribution is -2.24. The predicted octanol–water partition coefficient (Wildman–Crippen LogP) is 4.91. The minimum absolute atomic E-state index is 0.190. The highest BCUT2D eigenvalue weighted by molar-refractivity contribution is 6.14. The summed E-state index contributed by atoms with van der Waals surface area (Å²) in [5.41, 5.74) is 3.55. The second kappa shape index (κ2) is 8.25. The lowest BCUT2D eigenvalue weighted by atomic mass is 10.0. The summed E-state index contributed by atoms with van der Waals surface area (Å²) in [4.78, 5) is 24.2. The molecule has 1 aliphatic heterocycles. The average Bonchev–Trinajstić information content (AvgIpc) is 3.08. The number of carbonyl (C=O) groups excluding carboxylic acids is 2. The number of fused-ring (bicyclic) bond motifs is 1. The minimum Gasteiger partial charge on any atom is -0.479 e. The van der Waals surface area contributed by atoms with Gasteiger partial charge in [0.15, 0.2) is 11.9 Å². The van der Waals surface area contributed by atoms with E-state index < -0.39 is 12.1 Å². The zero-order valence-corrected chi connectivity index (χ0v) is 16.6. The van der Waals surface area contributed by atoms with Gasteiger partial charge >= 0.3 is 5.97 Å². The number of hydrogen-bond acceptors (Lipinski definition) is 5. The van der Waals surface area contributed by atoms with E-state index in [1.165, 1.54) is 7.11 Å². The first-order valence-electron chi connectivity index (χ1n) is 9.53. The van der Waals surface area contributed by atoms with E-state index >= 15 is 0 Å². The maximum atomic E-state index is 12.7. The molecule has 0 bridgehead atoms. The Balaban J connectivity index is 1.52. The average molecular weight is 400 g/mol. The number of hydrogen-bond donors (Lipinski definition) is 0. The molecule has 0 saturated carbocycles. The summed E-state index contributed by atoms with van der Waals surface area (Å²) in [6.45, 7) is 1.59. The number of rotatable bonds is 5. The molecule has 1 atom stereocenters. The van der Waals surface area contributed by atoms with E-state index in [4.69, 9.17) is 9.47 Å². The Morgan fingerprint density at radius 3 is 2.37 bits per heavy atom. The molecule has 5 nitrogen and oxygen atoms in total. The van der Waals surface area contributed by atoms with Crippen LogP contribution in [0.1, 0.15) is 22.8 Å². The topological polar surface area (TPSA) is 61.8 Å². The quantitative estimate of drug-likeness (QED) is 0.450. The molecule has 0 aromatic heterocycles. The van der Waals surface area contributed by atoms with E-state index in [-0.39, 0.29) is 11.5 Å². The molecule has 0 radical (unpaired) electrons. The highest BCUT2D eigenvalue weighted by Gasteiger charge is 2.28. The van der Waals surface area contributed by atoms with E-state index in [0.717, 1.165) is 16.7 Å². The summed E-state index contributed by atoms with van der Waals surface area (Å²) >= 11 is 0. The SMILES string of the molecule is COC(=O)[C@H](C)Oc1ccc2c(c1)OC(=Cc1ccc(-c3ccccc3)cc1)C2=O. The first-order valence-corrected chi connectivity index (χ1v) is 9.53. The van der Waals surface area contributed by atoms with E-state index in [9.17, 15) is 9.59 Å². The Hall–Kier alpha value is -3.86. The summed E-state index contributed by atoms with van der Waals surface area (Å²) in [6.07, 6.45) is 0.956. The number of ketones is 1. The second-order valence-electron chi connectivity index (χ2n) is 6.87. The summed E-state index contributed by atoms with van der Waals surface area (Å²) in [5.74, 6) is 0.405. The van der Waals surface area contributed by atoms with Crippen molar-refractivity contribution in [2.45, 2.75) is 13.0 Å². The van der Waals surface area contributed by atoms with Crippen molar-refractivity contribution in [3.63, 3.8) is 0 Å². The first kappa shape index (κ1) is 19.5. The molecule has 0 unspecified atom stereocenters. The van der Waals surface area contributed by atoms with Crippen LogP contribution >= 0.6 is 0 Å². The van der Waals surface area contributed by atoms with Crippen molar-refractivity contribution in [3.8, 4) is 22.6 Å². The molecule has 150 valence electrons. The maximum absolute atomic E-state index is 12.7. The molecule has 5 heteroatoms. The van der Waals surface area contributed by atoms with Crippen molar-refractivity contribution in [1.82, 2.24) is 0 Å². The van der Waals surface area contributed by atoms with Crippen LogP contribution in [-0.2, 0) is 9.53 Å². The van der Waals surface area contributed by atoms with E-state index in [0.29, 0.717) is 17.1 Å². The van der Waals surface area contributed by atoms with Gasteiger partial charge in [0.1, 0.15) is 11.5 Å². The van der Waals surface area contributed by atoms with Gasteiger partial charge in [0.05, 0.1) is 12.7 Å². The molecule has 0 amide bonds. The van der Waals surface area contributed by atoms with Gasteiger partial charge < -0.3 is 14.2 Å². The fraction of sp³-hybridized carbons (Fsp3) is 0.120. The number of Topliss-reactive ketones (excluding diaryl/α,β-unsaturated/α-hetero) is 1.